The number of anilines is 2. The number of nitrogens with zero attached hydrogens (tertiary/aromatic N) is 3. The molecule has 9 heteroatoms. The first-order valence-electron chi connectivity index (χ1n) is 11.8. The number of aryl methyl sites for hydroxylation is 1. The van der Waals surface area contributed by atoms with Crippen LogP contribution in [0.15, 0.2) is 59.0 Å². The highest BCUT2D eigenvalue weighted by Gasteiger charge is 2.29. The molecule has 2 heterocycles. The Morgan fingerprint density at radius 2 is 1.64 bits per heavy atom. The zero-order valence-corrected chi connectivity index (χ0v) is 20.9. The molecule has 3 aromatic rings. The summed E-state index contributed by atoms with van der Waals surface area (Å²) in [5.41, 5.74) is 2.24. The van der Waals surface area contributed by atoms with Gasteiger partial charge < -0.3 is 19.5 Å². The molecule has 4 rings (SSSR count). The number of benzene rings is 2. The molecule has 2 aromatic carbocycles. The topological polar surface area (TPSA) is 109 Å². The zero-order chi connectivity index (χ0) is 26.0. The molecule has 0 unspecified atom stereocenters. The quantitative estimate of drug-likeness (QED) is 0.393. The maximum absolute atomic E-state index is 12.7. The number of amides is 2. The normalized spacial score (nSPS) is 14.0. The van der Waals surface area contributed by atoms with E-state index in [1.165, 1.54) is 12.1 Å². The van der Waals surface area contributed by atoms with Gasteiger partial charge in [-0.15, -0.1) is 0 Å². The molecule has 1 aliphatic rings. The number of hydrogen-bond acceptors (Lipinski definition) is 6. The first kappa shape index (κ1) is 25.0. The fraction of sp³-hybridized carbons (Fsp3) is 0.333. The van der Waals surface area contributed by atoms with Crippen LogP contribution in [0.5, 0.6) is 0 Å². The van der Waals surface area contributed by atoms with Gasteiger partial charge in [-0.25, -0.2) is 0 Å². The Balaban J connectivity index is 1.38. The first-order valence-corrected chi connectivity index (χ1v) is 11.8. The van der Waals surface area contributed by atoms with Gasteiger partial charge in [-0.3, -0.25) is 19.7 Å². The predicted molar refractivity (Wildman–Crippen MR) is 138 cm³/mol. The molecule has 9 nitrogen and oxygen atoms in total. The lowest BCUT2D eigenvalue weighted by Crippen LogP contribution is -2.51. The average molecular weight is 491 g/mol. The minimum Gasteiger partial charge on any atom is -0.451 e. The molecule has 0 saturated carbocycles. The molecule has 1 aliphatic heterocycles. The smallest absolute Gasteiger partial charge is 0.291 e. The fourth-order valence-corrected chi connectivity index (χ4v) is 4.20. The molecule has 0 radical (unpaired) electrons. The summed E-state index contributed by atoms with van der Waals surface area (Å²) in [5.74, 6) is 0.0335. The van der Waals surface area contributed by atoms with E-state index in [2.05, 4.69) is 10.2 Å². The molecule has 1 N–H and O–H groups in total. The van der Waals surface area contributed by atoms with Crippen LogP contribution in [-0.4, -0.2) is 47.8 Å². The van der Waals surface area contributed by atoms with E-state index in [4.69, 9.17) is 4.42 Å². The second-order valence-electron chi connectivity index (χ2n) is 9.97. The van der Waals surface area contributed by atoms with Crippen LogP contribution < -0.4 is 10.2 Å². The Morgan fingerprint density at radius 3 is 2.25 bits per heavy atom. The highest BCUT2D eigenvalue weighted by molar-refractivity contribution is 6.02. The van der Waals surface area contributed by atoms with Crippen LogP contribution in [0, 0.1) is 22.5 Å². The van der Waals surface area contributed by atoms with Gasteiger partial charge in [0.2, 0.25) is 5.91 Å². The minimum absolute atomic E-state index is 0.0589. The predicted octanol–water partition coefficient (Wildman–Crippen LogP) is 5.11. The number of nitrogens with one attached hydrogen (secondary N) is 1. The van der Waals surface area contributed by atoms with E-state index < -0.39 is 10.8 Å². The molecule has 1 aromatic heterocycles. The number of rotatable bonds is 5. The summed E-state index contributed by atoms with van der Waals surface area (Å²) in [7, 11) is 0. The van der Waals surface area contributed by atoms with E-state index >= 15 is 0 Å². The summed E-state index contributed by atoms with van der Waals surface area (Å²) in [6.45, 7) is 10.4. The van der Waals surface area contributed by atoms with Crippen LogP contribution in [0.25, 0.3) is 11.3 Å². The van der Waals surface area contributed by atoms with Gasteiger partial charge in [0.15, 0.2) is 5.76 Å². The Kier molecular flexibility index (Phi) is 6.83. The monoisotopic (exact) mass is 490 g/mol. The van der Waals surface area contributed by atoms with Gasteiger partial charge in [-0.05, 0) is 55.0 Å². The third kappa shape index (κ3) is 5.40. The van der Waals surface area contributed by atoms with Crippen LogP contribution >= 0.6 is 0 Å². The molecule has 36 heavy (non-hydrogen) atoms. The molecule has 0 aliphatic carbocycles. The number of nitro benzene ring substituents is 1. The molecular formula is C27H30N4O5. The summed E-state index contributed by atoms with van der Waals surface area (Å²) in [5, 5.41) is 14.2. The van der Waals surface area contributed by atoms with Gasteiger partial charge in [-0.2, -0.15) is 0 Å². The Hall–Kier alpha value is -4.14. The lowest BCUT2D eigenvalue weighted by molar-refractivity contribution is -0.384. The number of carbonyl (C=O) groups is 2. The van der Waals surface area contributed by atoms with Crippen LogP contribution in [0.4, 0.5) is 17.1 Å². The van der Waals surface area contributed by atoms with Crippen molar-refractivity contribution in [2.75, 3.05) is 36.4 Å². The van der Waals surface area contributed by atoms with Crippen molar-refractivity contribution < 1.29 is 18.9 Å². The average Bonchev–Trinajstić information content (AvgIpc) is 3.34. The molecule has 0 bridgehead atoms. The van der Waals surface area contributed by atoms with Crippen molar-refractivity contribution >= 4 is 28.9 Å². The number of furan rings is 1. The van der Waals surface area contributed by atoms with Crippen molar-refractivity contribution in [1.82, 2.24) is 4.90 Å². The summed E-state index contributed by atoms with van der Waals surface area (Å²) in [6, 6.07) is 15.4. The minimum atomic E-state index is -0.464. The molecule has 0 spiro atoms. The van der Waals surface area contributed by atoms with E-state index in [0.29, 0.717) is 24.3 Å². The van der Waals surface area contributed by atoms with Crippen molar-refractivity contribution in [3.05, 3.63) is 76.0 Å². The van der Waals surface area contributed by atoms with E-state index in [1.807, 2.05) is 49.9 Å². The highest BCUT2D eigenvalue weighted by atomic mass is 16.6. The summed E-state index contributed by atoms with van der Waals surface area (Å²) in [6.07, 6.45) is 0. The molecule has 2 amide bonds. The Morgan fingerprint density at radius 1 is 0.972 bits per heavy atom. The SMILES string of the molecule is Cc1ccc(-c2ccc(C(=O)Nc3ccc(N4CCN(C(=O)C(C)(C)C)CC4)cc3)o2)c([N+](=O)[O-])c1. The van der Waals surface area contributed by atoms with Gasteiger partial charge in [-0.1, -0.05) is 26.8 Å². The maximum atomic E-state index is 12.7. The van der Waals surface area contributed by atoms with Crippen LogP contribution in [-0.2, 0) is 4.79 Å². The number of nitro groups is 1. The van der Waals surface area contributed by atoms with Gasteiger partial charge in [0, 0.05) is 49.0 Å². The molecule has 1 saturated heterocycles. The van der Waals surface area contributed by atoms with E-state index in [-0.39, 0.29) is 28.5 Å². The largest absolute Gasteiger partial charge is 0.451 e. The lowest BCUT2D eigenvalue weighted by atomic mass is 9.94. The third-order valence-electron chi connectivity index (χ3n) is 6.14. The molecule has 0 atom stereocenters. The Bertz CT molecular complexity index is 1280. The van der Waals surface area contributed by atoms with Crippen LogP contribution in [0.3, 0.4) is 0 Å². The van der Waals surface area contributed by atoms with Crippen molar-refractivity contribution in [3.63, 3.8) is 0 Å². The van der Waals surface area contributed by atoms with Gasteiger partial charge in [0.1, 0.15) is 5.76 Å². The first-order chi connectivity index (χ1) is 17.0. The number of piperazine rings is 1. The van der Waals surface area contributed by atoms with Crippen molar-refractivity contribution in [2.45, 2.75) is 27.7 Å². The highest BCUT2D eigenvalue weighted by Crippen LogP contribution is 2.32. The van der Waals surface area contributed by atoms with Gasteiger partial charge >= 0.3 is 0 Å². The zero-order valence-electron chi connectivity index (χ0n) is 20.9. The summed E-state index contributed by atoms with van der Waals surface area (Å²) >= 11 is 0. The second-order valence-corrected chi connectivity index (χ2v) is 9.97. The van der Waals surface area contributed by atoms with E-state index in [0.717, 1.165) is 24.3 Å². The van der Waals surface area contributed by atoms with Crippen molar-refractivity contribution in [3.8, 4) is 11.3 Å². The summed E-state index contributed by atoms with van der Waals surface area (Å²) < 4.78 is 5.65. The molecule has 188 valence electrons. The third-order valence-corrected chi connectivity index (χ3v) is 6.14. The van der Waals surface area contributed by atoms with Crippen molar-refractivity contribution in [2.24, 2.45) is 5.41 Å². The second kappa shape index (κ2) is 9.85. The summed E-state index contributed by atoms with van der Waals surface area (Å²) in [4.78, 5) is 40.3. The molecule has 1 fully saturated rings. The Labute approximate surface area is 209 Å². The van der Waals surface area contributed by atoms with Crippen molar-refractivity contribution in [1.29, 1.82) is 0 Å². The van der Waals surface area contributed by atoms with E-state index in [1.54, 1.807) is 25.1 Å². The maximum Gasteiger partial charge on any atom is 0.291 e. The van der Waals surface area contributed by atoms with Gasteiger partial charge in [0.05, 0.1) is 10.5 Å². The number of carbonyl (C=O) groups excluding carboxylic acids is 2. The lowest BCUT2D eigenvalue weighted by Gasteiger charge is -2.38. The fourth-order valence-electron chi connectivity index (χ4n) is 4.20. The molecular weight excluding hydrogens is 460 g/mol. The van der Waals surface area contributed by atoms with Crippen LogP contribution in [0.1, 0.15) is 36.9 Å². The van der Waals surface area contributed by atoms with E-state index in [9.17, 15) is 19.7 Å². The van der Waals surface area contributed by atoms with Gasteiger partial charge in [0.25, 0.3) is 11.6 Å². The standard InChI is InChI=1S/C27H30N4O5/c1-18-5-10-21(22(17-18)31(34)35)23-11-12-24(36-23)25(32)28-19-6-8-20(9-7-19)29-13-15-30(16-14-29)26(33)27(2,3)4/h5-12,17H,13-16H2,1-4H3,(H,28,32). The number of hydrogen-bond donors (Lipinski definition) is 1. The van der Waals surface area contributed by atoms with Crippen LogP contribution in [0.2, 0.25) is 0 Å².